The Bertz CT molecular complexity index is 628. The Morgan fingerprint density at radius 2 is 2.06 bits per heavy atom. The molecule has 2 rings (SSSR count). The zero-order chi connectivity index (χ0) is 13.1. The van der Waals surface area contributed by atoms with Gasteiger partial charge in [-0.05, 0) is 12.1 Å². The van der Waals surface area contributed by atoms with E-state index in [4.69, 9.17) is 21.7 Å². The molecule has 0 aliphatic rings. The first-order valence-corrected chi connectivity index (χ1v) is 5.54. The number of H-pyrrole nitrogens is 1. The minimum absolute atomic E-state index is 0.158. The van der Waals surface area contributed by atoms with Crippen molar-refractivity contribution in [3.8, 4) is 22.8 Å². The van der Waals surface area contributed by atoms with Gasteiger partial charge in [0.1, 0.15) is 0 Å². The van der Waals surface area contributed by atoms with E-state index in [9.17, 15) is 4.39 Å². The van der Waals surface area contributed by atoms with Crippen LogP contribution in [0.3, 0.4) is 0 Å². The predicted octanol–water partition coefficient (Wildman–Crippen LogP) is 2.96. The van der Waals surface area contributed by atoms with Crippen LogP contribution in [0.5, 0.6) is 11.5 Å². The molecule has 1 N–H and O–H groups in total. The lowest BCUT2D eigenvalue weighted by Gasteiger charge is -2.10. The summed E-state index contributed by atoms with van der Waals surface area (Å²) in [6, 6.07) is 4.84. The summed E-state index contributed by atoms with van der Waals surface area (Å²) < 4.78 is 24.5. The molecular formula is C12H11FN2O2S. The van der Waals surface area contributed by atoms with Crippen LogP contribution in [0.1, 0.15) is 0 Å². The number of nitrogens with one attached hydrogen (secondary N) is 1. The van der Waals surface area contributed by atoms with Gasteiger partial charge in [-0.3, -0.25) is 0 Å². The van der Waals surface area contributed by atoms with Crippen LogP contribution < -0.4 is 9.47 Å². The minimum Gasteiger partial charge on any atom is -0.494 e. The molecule has 18 heavy (non-hydrogen) atoms. The van der Waals surface area contributed by atoms with Crippen LogP contribution in [0, 0.1) is 10.5 Å². The van der Waals surface area contributed by atoms with E-state index < -0.39 is 5.82 Å². The lowest BCUT2D eigenvalue weighted by atomic mass is 10.1. The summed E-state index contributed by atoms with van der Waals surface area (Å²) in [6.45, 7) is 0. The van der Waals surface area contributed by atoms with Crippen molar-refractivity contribution in [2.75, 3.05) is 14.2 Å². The molecular weight excluding hydrogens is 255 g/mol. The molecule has 1 aromatic heterocycles. The van der Waals surface area contributed by atoms with Gasteiger partial charge in [-0.15, -0.1) is 0 Å². The maximum absolute atomic E-state index is 14.2. The minimum atomic E-state index is -0.477. The van der Waals surface area contributed by atoms with E-state index in [1.807, 2.05) is 0 Å². The first-order valence-electron chi connectivity index (χ1n) is 5.13. The van der Waals surface area contributed by atoms with Crippen LogP contribution in [0.4, 0.5) is 4.39 Å². The lowest BCUT2D eigenvalue weighted by Crippen LogP contribution is -1.97. The molecule has 0 saturated heterocycles. The van der Waals surface area contributed by atoms with Gasteiger partial charge in [-0.1, -0.05) is 18.3 Å². The lowest BCUT2D eigenvalue weighted by molar-refractivity contribution is 0.386. The van der Waals surface area contributed by atoms with Crippen LogP contribution >= 0.6 is 12.2 Å². The van der Waals surface area contributed by atoms with E-state index in [2.05, 4.69) is 9.97 Å². The molecule has 94 valence electrons. The number of aromatic nitrogens is 2. The molecule has 0 radical (unpaired) electrons. The molecule has 0 unspecified atom stereocenters. The second kappa shape index (κ2) is 5.14. The fraction of sp³-hybridized carbons (Fsp3) is 0.167. The van der Waals surface area contributed by atoms with Crippen molar-refractivity contribution in [2.45, 2.75) is 0 Å². The van der Waals surface area contributed by atoms with Gasteiger partial charge in [-0.25, -0.2) is 9.37 Å². The van der Waals surface area contributed by atoms with Gasteiger partial charge >= 0.3 is 0 Å². The Balaban J connectivity index is 2.70. The molecule has 0 amide bonds. The van der Waals surface area contributed by atoms with Crippen LogP contribution in [0.25, 0.3) is 11.3 Å². The Morgan fingerprint density at radius 1 is 1.28 bits per heavy atom. The molecule has 6 heteroatoms. The third-order valence-corrected chi connectivity index (χ3v) is 2.76. The fourth-order valence-corrected chi connectivity index (χ4v) is 1.88. The van der Waals surface area contributed by atoms with E-state index in [0.29, 0.717) is 17.0 Å². The highest BCUT2D eigenvalue weighted by Crippen LogP contribution is 2.33. The third kappa shape index (κ3) is 2.06. The topological polar surface area (TPSA) is 47.1 Å². The van der Waals surface area contributed by atoms with Crippen molar-refractivity contribution in [3.63, 3.8) is 0 Å². The monoisotopic (exact) mass is 266 g/mol. The van der Waals surface area contributed by atoms with Crippen molar-refractivity contribution in [3.05, 3.63) is 35.0 Å². The van der Waals surface area contributed by atoms with Crippen LogP contribution in [-0.4, -0.2) is 24.2 Å². The standard InChI is InChI=1S/C12H11FN2O2S/c1-16-8-5-3-4-7(9(8)13)10-11(17-2)12(18)15-6-14-10/h3-6H,1-2H3,(H,14,15,18). The number of ether oxygens (including phenoxy) is 2. The summed E-state index contributed by atoms with van der Waals surface area (Å²) in [7, 11) is 2.87. The number of rotatable bonds is 3. The van der Waals surface area contributed by atoms with E-state index in [1.54, 1.807) is 18.2 Å². The van der Waals surface area contributed by atoms with Crippen LogP contribution in [-0.2, 0) is 0 Å². The Labute approximate surface area is 108 Å². The van der Waals surface area contributed by atoms with Crippen molar-refractivity contribution in [2.24, 2.45) is 0 Å². The maximum Gasteiger partial charge on any atom is 0.179 e. The fourth-order valence-electron chi connectivity index (χ4n) is 1.64. The van der Waals surface area contributed by atoms with Gasteiger partial charge in [-0.2, -0.15) is 0 Å². The highest BCUT2D eigenvalue weighted by atomic mass is 32.1. The molecule has 0 atom stereocenters. The smallest absolute Gasteiger partial charge is 0.179 e. The van der Waals surface area contributed by atoms with E-state index >= 15 is 0 Å². The summed E-state index contributed by atoms with van der Waals surface area (Å²) in [4.78, 5) is 6.73. The molecule has 0 saturated carbocycles. The van der Waals surface area contributed by atoms with E-state index in [0.717, 1.165) is 0 Å². The van der Waals surface area contributed by atoms with Crippen LogP contribution in [0.2, 0.25) is 0 Å². The number of aromatic amines is 1. The quantitative estimate of drug-likeness (QED) is 0.868. The molecule has 1 aromatic carbocycles. The molecule has 1 heterocycles. The number of hydrogen-bond acceptors (Lipinski definition) is 4. The molecule has 0 aliphatic carbocycles. The Hall–Kier alpha value is -1.95. The van der Waals surface area contributed by atoms with Gasteiger partial charge in [0, 0.05) is 5.56 Å². The highest BCUT2D eigenvalue weighted by molar-refractivity contribution is 7.71. The number of hydrogen-bond donors (Lipinski definition) is 1. The van der Waals surface area contributed by atoms with Crippen molar-refractivity contribution >= 4 is 12.2 Å². The molecule has 2 aromatic rings. The normalized spacial score (nSPS) is 10.2. The Kier molecular flexibility index (Phi) is 3.57. The first-order chi connectivity index (χ1) is 8.69. The maximum atomic E-state index is 14.2. The number of methoxy groups -OCH3 is 2. The summed E-state index contributed by atoms with van der Waals surface area (Å²) in [6.07, 6.45) is 1.40. The summed E-state index contributed by atoms with van der Waals surface area (Å²) >= 11 is 5.03. The van der Waals surface area contributed by atoms with Gasteiger partial charge in [0.15, 0.2) is 22.0 Å². The third-order valence-electron chi connectivity index (χ3n) is 2.47. The molecule has 0 spiro atoms. The average molecular weight is 266 g/mol. The SMILES string of the molecule is COc1cccc(-c2[nH]cnc(=S)c2OC)c1F. The van der Waals surface area contributed by atoms with Crippen molar-refractivity contribution < 1.29 is 13.9 Å². The zero-order valence-corrected chi connectivity index (χ0v) is 10.7. The van der Waals surface area contributed by atoms with Gasteiger partial charge < -0.3 is 14.5 Å². The average Bonchev–Trinajstić information content (AvgIpc) is 2.39. The molecule has 4 nitrogen and oxygen atoms in total. The summed E-state index contributed by atoms with van der Waals surface area (Å²) in [5.41, 5.74) is 0.758. The number of benzene rings is 1. The number of nitrogens with zero attached hydrogens (tertiary/aromatic N) is 1. The predicted molar refractivity (Wildman–Crippen MR) is 67.9 cm³/mol. The summed E-state index contributed by atoms with van der Waals surface area (Å²) in [5, 5.41) is 0. The largest absolute Gasteiger partial charge is 0.494 e. The van der Waals surface area contributed by atoms with Crippen molar-refractivity contribution in [1.82, 2.24) is 9.97 Å². The summed E-state index contributed by atoms with van der Waals surface area (Å²) in [5.74, 6) is 0.0143. The first kappa shape index (κ1) is 12.5. The van der Waals surface area contributed by atoms with Gasteiger partial charge in [0.25, 0.3) is 0 Å². The Morgan fingerprint density at radius 3 is 2.72 bits per heavy atom. The number of halogens is 1. The van der Waals surface area contributed by atoms with Gasteiger partial charge in [0.05, 0.1) is 26.2 Å². The molecule has 0 aliphatic heterocycles. The highest BCUT2D eigenvalue weighted by Gasteiger charge is 2.15. The van der Waals surface area contributed by atoms with Crippen LogP contribution in [0.15, 0.2) is 24.5 Å². The van der Waals surface area contributed by atoms with E-state index in [1.165, 1.54) is 20.5 Å². The second-order valence-corrected chi connectivity index (χ2v) is 3.82. The molecule has 0 bridgehead atoms. The van der Waals surface area contributed by atoms with E-state index in [-0.39, 0.29) is 10.4 Å². The second-order valence-electron chi connectivity index (χ2n) is 3.44. The van der Waals surface area contributed by atoms with Crippen molar-refractivity contribution in [1.29, 1.82) is 0 Å². The van der Waals surface area contributed by atoms with Gasteiger partial charge in [0.2, 0.25) is 0 Å². The molecule has 0 fully saturated rings. The zero-order valence-electron chi connectivity index (χ0n) is 9.86.